The molecule has 0 spiro atoms. The molecule has 1 atom stereocenters. The number of unbranched alkanes of at least 4 members (excludes halogenated alkanes) is 2. The lowest BCUT2D eigenvalue weighted by Gasteiger charge is -2.32. The molecule has 162 valence electrons. The molecule has 1 amide bonds. The van der Waals surface area contributed by atoms with Gasteiger partial charge in [-0.25, -0.2) is 0 Å². The zero-order valence-electron chi connectivity index (χ0n) is 16.7. The minimum Gasteiger partial charge on any atom is -0.484 e. The van der Waals surface area contributed by atoms with Crippen molar-refractivity contribution in [1.82, 2.24) is 4.90 Å². The summed E-state index contributed by atoms with van der Waals surface area (Å²) < 4.78 is 49.9. The molecule has 0 saturated carbocycles. The molecule has 0 fully saturated rings. The predicted molar refractivity (Wildman–Crippen MR) is 108 cm³/mol. The van der Waals surface area contributed by atoms with Gasteiger partial charge in [0.15, 0.2) is 17.7 Å². The molecule has 0 aromatic heterocycles. The van der Waals surface area contributed by atoms with Gasteiger partial charge in [0.25, 0.3) is 0 Å². The number of nitrogens with one attached hydrogen (secondary N) is 1. The second-order valence-corrected chi connectivity index (χ2v) is 7.25. The molecule has 1 heterocycles. The maximum absolute atomic E-state index is 12.7. The van der Waals surface area contributed by atoms with E-state index in [0.29, 0.717) is 13.0 Å². The maximum Gasteiger partial charge on any atom is 0.416 e. The smallest absolute Gasteiger partial charge is 0.416 e. The predicted octanol–water partition coefficient (Wildman–Crippen LogP) is 4.93. The van der Waals surface area contributed by atoms with Crippen molar-refractivity contribution in [3.63, 3.8) is 0 Å². The molecule has 1 aliphatic rings. The number of para-hydroxylation sites is 2. The van der Waals surface area contributed by atoms with Crippen LogP contribution in [0.1, 0.15) is 31.2 Å². The highest BCUT2D eigenvalue weighted by atomic mass is 19.4. The third-order valence-electron chi connectivity index (χ3n) is 4.87. The Kier molecular flexibility index (Phi) is 7.20. The van der Waals surface area contributed by atoms with Crippen LogP contribution < -0.4 is 14.8 Å². The maximum atomic E-state index is 12.7. The van der Waals surface area contributed by atoms with Crippen molar-refractivity contribution < 1.29 is 27.4 Å². The molecule has 1 aliphatic heterocycles. The Bertz CT molecular complexity index is 858. The van der Waals surface area contributed by atoms with Gasteiger partial charge in [0.05, 0.1) is 5.56 Å². The van der Waals surface area contributed by atoms with Gasteiger partial charge in [-0.1, -0.05) is 24.6 Å². The number of hydrogen-bond acceptors (Lipinski definition) is 4. The van der Waals surface area contributed by atoms with E-state index in [2.05, 4.69) is 10.2 Å². The van der Waals surface area contributed by atoms with Crippen molar-refractivity contribution in [3.8, 4) is 11.5 Å². The van der Waals surface area contributed by atoms with Gasteiger partial charge < -0.3 is 14.8 Å². The Morgan fingerprint density at radius 1 is 1.10 bits per heavy atom. The topological polar surface area (TPSA) is 50.8 Å². The monoisotopic (exact) mass is 422 g/mol. The molecule has 3 rings (SSSR count). The van der Waals surface area contributed by atoms with Crippen LogP contribution >= 0.6 is 0 Å². The van der Waals surface area contributed by atoms with E-state index in [0.717, 1.165) is 43.0 Å². The van der Waals surface area contributed by atoms with Crippen LogP contribution in [0.25, 0.3) is 0 Å². The molecular formula is C22H25F3N2O3. The normalized spacial score (nSPS) is 15.8. The first-order chi connectivity index (χ1) is 14.3. The molecule has 0 radical (unpaired) electrons. The number of rotatable bonds is 8. The molecule has 0 bridgehead atoms. The minimum atomic E-state index is -4.43. The van der Waals surface area contributed by atoms with Crippen LogP contribution in [0.3, 0.4) is 0 Å². The van der Waals surface area contributed by atoms with Crippen molar-refractivity contribution in [2.24, 2.45) is 0 Å². The number of alkyl halides is 3. The quantitative estimate of drug-likeness (QED) is 0.613. The zero-order chi connectivity index (χ0) is 21.6. The minimum absolute atomic E-state index is 0.157. The second-order valence-electron chi connectivity index (χ2n) is 7.25. The molecule has 5 nitrogen and oxygen atoms in total. The van der Waals surface area contributed by atoms with Gasteiger partial charge in [0.1, 0.15) is 6.61 Å². The molecular weight excluding hydrogens is 397 g/mol. The van der Waals surface area contributed by atoms with Crippen LogP contribution in [0.2, 0.25) is 0 Å². The first-order valence-electron chi connectivity index (χ1n) is 9.89. The highest BCUT2D eigenvalue weighted by molar-refractivity contribution is 5.90. The Morgan fingerprint density at radius 2 is 1.87 bits per heavy atom. The van der Waals surface area contributed by atoms with Gasteiger partial charge in [0, 0.05) is 18.7 Å². The van der Waals surface area contributed by atoms with Crippen LogP contribution in [0.15, 0.2) is 48.5 Å². The number of benzene rings is 2. The van der Waals surface area contributed by atoms with Crippen molar-refractivity contribution in [2.75, 3.05) is 25.5 Å². The number of likely N-dealkylation sites (N-methyl/N-ethyl adjacent to an activating group) is 1. The fourth-order valence-corrected chi connectivity index (χ4v) is 3.19. The number of nitrogens with zero attached hydrogens (tertiary/aromatic N) is 1. The molecule has 0 saturated heterocycles. The van der Waals surface area contributed by atoms with Crippen LogP contribution in [-0.2, 0) is 11.0 Å². The van der Waals surface area contributed by atoms with Gasteiger partial charge >= 0.3 is 6.18 Å². The molecule has 2 aromatic rings. The third kappa shape index (κ3) is 6.13. The van der Waals surface area contributed by atoms with E-state index in [1.54, 1.807) is 0 Å². The summed E-state index contributed by atoms with van der Waals surface area (Å²) in [5, 5.41) is 2.53. The second kappa shape index (κ2) is 9.84. The van der Waals surface area contributed by atoms with Crippen LogP contribution in [0.4, 0.5) is 18.9 Å². The number of hydrogen-bond donors (Lipinski definition) is 1. The van der Waals surface area contributed by atoms with E-state index in [4.69, 9.17) is 9.47 Å². The number of carbonyl (C=O) groups excluding carboxylic acids is 1. The van der Waals surface area contributed by atoms with Crippen molar-refractivity contribution >= 4 is 11.6 Å². The highest BCUT2D eigenvalue weighted by Gasteiger charge is 2.30. The van der Waals surface area contributed by atoms with Gasteiger partial charge in [-0.05, 0) is 50.2 Å². The molecule has 0 aliphatic carbocycles. The summed E-state index contributed by atoms with van der Waals surface area (Å²) >= 11 is 0. The molecule has 8 heteroatoms. The van der Waals surface area contributed by atoms with Crippen LogP contribution in [0.5, 0.6) is 11.5 Å². The van der Waals surface area contributed by atoms with Crippen molar-refractivity contribution in [3.05, 3.63) is 54.1 Å². The molecule has 1 unspecified atom stereocenters. The van der Waals surface area contributed by atoms with E-state index in [1.165, 1.54) is 12.1 Å². The van der Waals surface area contributed by atoms with Gasteiger partial charge in [-0.2, -0.15) is 13.2 Å². The van der Waals surface area contributed by atoms with Crippen LogP contribution in [0, 0.1) is 0 Å². The lowest BCUT2D eigenvalue weighted by atomic mass is 10.1. The van der Waals surface area contributed by atoms with E-state index in [1.807, 2.05) is 31.3 Å². The van der Waals surface area contributed by atoms with E-state index in [-0.39, 0.29) is 24.2 Å². The average molecular weight is 422 g/mol. The summed E-state index contributed by atoms with van der Waals surface area (Å²) in [5.74, 6) is 1.18. The Balaban J connectivity index is 1.34. The third-order valence-corrected chi connectivity index (χ3v) is 4.87. The lowest BCUT2D eigenvalue weighted by Crippen LogP contribution is -2.43. The SMILES string of the molecule is CN(CCCCCC(=O)Nc1cccc(C(F)(F)F)c1)C1COc2ccccc2O1. The van der Waals surface area contributed by atoms with Crippen molar-refractivity contribution in [1.29, 1.82) is 0 Å². The van der Waals surface area contributed by atoms with Crippen LogP contribution in [-0.4, -0.2) is 37.2 Å². The number of carbonyl (C=O) groups is 1. The Labute approximate surface area is 173 Å². The van der Waals surface area contributed by atoms with Crippen molar-refractivity contribution in [2.45, 2.75) is 38.1 Å². The average Bonchev–Trinajstić information content (AvgIpc) is 2.72. The Morgan fingerprint density at radius 3 is 2.63 bits per heavy atom. The molecule has 1 N–H and O–H groups in total. The highest BCUT2D eigenvalue weighted by Crippen LogP contribution is 2.32. The summed E-state index contributed by atoms with van der Waals surface area (Å²) in [7, 11) is 1.96. The first kappa shape index (κ1) is 22.0. The largest absolute Gasteiger partial charge is 0.484 e. The number of ether oxygens (including phenoxy) is 2. The summed E-state index contributed by atoms with van der Waals surface area (Å²) in [6.45, 7) is 1.23. The summed E-state index contributed by atoms with van der Waals surface area (Å²) in [6.07, 6.45) is -1.98. The van der Waals surface area contributed by atoms with E-state index < -0.39 is 11.7 Å². The zero-order valence-corrected chi connectivity index (χ0v) is 16.7. The standard InChI is InChI=1S/C22H25F3N2O3/c1-27(21-15-29-18-10-4-5-11-19(18)30-21)13-6-2-3-12-20(28)26-17-9-7-8-16(14-17)22(23,24)25/h4-5,7-11,14,21H,2-3,6,12-13,15H2,1H3,(H,26,28). The van der Waals surface area contributed by atoms with Gasteiger partial charge in [0.2, 0.25) is 5.91 Å². The summed E-state index contributed by atoms with van der Waals surface area (Å²) in [6, 6.07) is 12.2. The number of halogens is 3. The summed E-state index contributed by atoms with van der Waals surface area (Å²) in [4.78, 5) is 14.1. The van der Waals surface area contributed by atoms with E-state index in [9.17, 15) is 18.0 Å². The molecule has 2 aromatic carbocycles. The lowest BCUT2D eigenvalue weighted by molar-refractivity contribution is -0.137. The Hall–Kier alpha value is -2.74. The molecule has 30 heavy (non-hydrogen) atoms. The van der Waals surface area contributed by atoms with Gasteiger partial charge in [-0.15, -0.1) is 0 Å². The number of amides is 1. The summed E-state index contributed by atoms with van der Waals surface area (Å²) in [5.41, 5.74) is -0.621. The number of fused-ring (bicyclic) bond motifs is 1. The van der Waals surface area contributed by atoms with Gasteiger partial charge in [-0.3, -0.25) is 9.69 Å². The number of anilines is 1. The van der Waals surface area contributed by atoms with E-state index >= 15 is 0 Å². The first-order valence-corrected chi connectivity index (χ1v) is 9.89. The fourth-order valence-electron chi connectivity index (χ4n) is 3.19. The fraction of sp³-hybridized carbons (Fsp3) is 0.409.